The van der Waals surface area contributed by atoms with Gasteiger partial charge < -0.3 is 15.2 Å². The predicted octanol–water partition coefficient (Wildman–Crippen LogP) is 2.39. The van der Waals surface area contributed by atoms with Crippen molar-refractivity contribution >= 4 is 16.9 Å². The summed E-state index contributed by atoms with van der Waals surface area (Å²) >= 11 is 0. The lowest BCUT2D eigenvalue weighted by molar-refractivity contribution is -0.120. The van der Waals surface area contributed by atoms with Crippen LogP contribution in [0.25, 0.3) is 11.0 Å². The number of hydrogen-bond donors (Lipinski definition) is 2. The van der Waals surface area contributed by atoms with Gasteiger partial charge in [0.05, 0.1) is 17.1 Å². The molecule has 1 aromatic heterocycles. The van der Waals surface area contributed by atoms with Crippen molar-refractivity contribution < 1.29 is 4.79 Å². The van der Waals surface area contributed by atoms with Crippen LogP contribution in [0.4, 0.5) is 0 Å². The fourth-order valence-electron chi connectivity index (χ4n) is 2.88. The van der Waals surface area contributed by atoms with E-state index in [2.05, 4.69) is 33.4 Å². The first-order chi connectivity index (χ1) is 11.7. The number of hydrogen-bond acceptors (Lipinski definition) is 3. The van der Waals surface area contributed by atoms with Crippen molar-refractivity contribution in [1.29, 1.82) is 0 Å². The maximum absolute atomic E-state index is 11.5. The zero-order valence-electron chi connectivity index (χ0n) is 14.0. The van der Waals surface area contributed by atoms with E-state index in [9.17, 15) is 4.79 Å². The molecule has 1 atom stereocenters. The number of nitrogens with zero attached hydrogens (tertiary/aromatic N) is 2. The van der Waals surface area contributed by atoms with E-state index in [1.54, 1.807) is 7.05 Å². The third-order valence-corrected chi connectivity index (χ3v) is 4.19. The number of imidazole rings is 1. The zero-order chi connectivity index (χ0) is 16.9. The smallest absolute Gasteiger partial charge is 0.221 e. The normalized spacial score (nSPS) is 12.2. The fourth-order valence-corrected chi connectivity index (χ4v) is 2.88. The van der Waals surface area contributed by atoms with Gasteiger partial charge in [-0.05, 0) is 17.7 Å². The fraction of sp³-hybridized carbons (Fsp3) is 0.263. The number of benzene rings is 2. The van der Waals surface area contributed by atoms with Gasteiger partial charge in [0.25, 0.3) is 0 Å². The molecule has 1 heterocycles. The lowest BCUT2D eigenvalue weighted by Gasteiger charge is -2.19. The van der Waals surface area contributed by atoms with Gasteiger partial charge in [-0.2, -0.15) is 0 Å². The maximum atomic E-state index is 11.5. The molecule has 0 aliphatic heterocycles. The molecule has 2 N–H and O–H groups in total. The van der Waals surface area contributed by atoms with Gasteiger partial charge in [-0.3, -0.25) is 4.79 Å². The van der Waals surface area contributed by atoms with Crippen LogP contribution in [-0.4, -0.2) is 29.1 Å². The van der Waals surface area contributed by atoms with Gasteiger partial charge in [-0.1, -0.05) is 42.5 Å². The van der Waals surface area contributed by atoms with Crippen molar-refractivity contribution in [2.24, 2.45) is 7.05 Å². The Hall–Kier alpha value is -2.66. The molecule has 0 saturated heterocycles. The van der Waals surface area contributed by atoms with Crippen molar-refractivity contribution in [3.05, 3.63) is 66.0 Å². The SMILES string of the molecule is CNC(=O)CCN[C@@H](c1ccccc1)c1nc2ccccc2n1C. The third kappa shape index (κ3) is 3.31. The van der Waals surface area contributed by atoms with E-state index in [0.717, 1.165) is 22.4 Å². The number of carbonyl (C=O) groups is 1. The molecule has 124 valence electrons. The molecule has 3 rings (SSSR count). The van der Waals surface area contributed by atoms with Gasteiger partial charge in [0, 0.05) is 27.1 Å². The van der Waals surface area contributed by atoms with E-state index < -0.39 is 0 Å². The molecule has 3 aromatic rings. The Morgan fingerprint density at radius 2 is 1.83 bits per heavy atom. The highest BCUT2D eigenvalue weighted by molar-refractivity contribution is 5.76. The lowest BCUT2D eigenvalue weighted by atomic mass is 10.1. The Morgan fingerprint density at radius 1 is 1.12 bits per heavy atom. The van der Waals surface area contributed by atoms with Crippen LogP contribution in [0.5, 0.6) is 0 Å². The second-order valence-corrected chi connectivity index (χ2v) is 5.74. The number of aryl methyl sites for hydroxylation is 1. The molecule has 0 unspecified atom stereocenters. The molecular weight excluding hydrogens is 300 g/mol. The second-order valence-electron chi connectivity index (χ2n) is 5.74. The number of carbonyl (C=O) groups excluding carboxylic acids is 1. The van der Waals surface area contributed by atoms with E-state index in [-0.39, 0.29) is 11.9 Å². The Labute approximate surface area is 141 Å². The molecule has 0 bridgehead atoms. The van der Waals surface area contributed by atoms with Crippen LogP contribution in [0.3, 0.4) is 0 Å². The standard InChI is InChI=1S/C19H22N4O/c1-20-17(24)12-13-21-18(14-8-4-3-5-9-14)19-22-15-10-6-7-11-16(15)23(19)2/h3-11,18,21H,12-13H2,1-2H3,(H,20,24)/t18-/m0/s1. The Kier molecular flexibility index (Phi) is 4.91. The van der Waals surface area contributed by atoms with Crippen LogP contribution in [0.15, 0.2) is 54.6 Å². The molecule has 5 heteroatoms. The van der Waals surface area contributed by atoms with Crippen molar-refractivity contribution in [1.82, 2.24) is 20.2 Å². The van der Waals surface area contributed by atoms with Crippen LogP contribution >= 0.6 is 0 Å². The van der Waals surface area contributed by atoms with Crippen LogP contribution < -0.4 is 10.6 Å². The summed E-state index contributed by atoms with van der Waals surface area (Å²) in [5, 5.41) is 6.13. The van der Waals surface area contributed by atoms with Crippen molar-refractivity contribution in [3.63, 3.8) is 0 Å². The molecule has 5 nitrogen and oxygen atoms in total. The van der Waals surface area contributed by atoms with Crippen LogP contribution in [0, 0.1) is 0 Å². The van der Waals surface area contributed by atoms with Crippen molar-refractivity contribution in [3.8, 4) is 0 Å². The molecule has 0 aliphatic carbocycles. The van der Waals surface area contributed by atoms with E-state index in [1.165, 1.54) is 0 Å². The summed E-state index contributed by atoms with van der Waals surface area (Å²) < 4.78 is 2.11. The minimum atomic E-state index is -0.0618. The molecule has 0 radical (unpaired) electrons. The Balaban J connectivity index is 1.94. The van der Waals surface area contributed by atoms with Crippen LogP contribution in [0.1, 0.15) is 23.9 Å². The molecule has 24 heavy (non-hydrogen) atoms. The predicted molar refractivity (Wildman–Crippen MR) is 95.7 cm³/mol. The molecule has 2 aromatic carbocycles. The van der Waals surface area contributed by atoms with Gasteiger partial charge in [0.15, 0.2) is 0 Å². The zero-order valence-corrected chi connectivity index (χ0v) is 14.0. The average Bonchev–Trinajstić information content (AvgIpc) is 2.96. The summed E-state index contributed by atoms with van der Waals surface area (Å²) in [5.41, 5.74) is 3.21. The molecular formula is C19H22N4O. The van der Waals surface area contributed by atoms with E-state index in [4.69, 9.17) is 4.98 Å². The summed E-state index contributed by atoms with van der Waals surface area (Å²) in [5.74, 6) is 0.971. The highest BCUT2D eigenvalue weighted by Crippen LogP contribution is 2.24. The minimum Gasteiger partial charge on any atom is -0.359 e. The summed E-state index contributed by atoms with van der Waals surface area (Å²) in [7, 11) is 3.68. The van der Waals surface area contributed by atoms with Crippen LogP contribution in [-0.2, 0) is 11.8 Å². The van der Waals surface area contributed by atoms with Gasteiger partial charge in [-0.15, -0.1) is 0 Å². The van der Waals surface area contributed by atoms with Crippen molar-refractivity contribution in [2.75, 3.05) is 13.6 Å². The summed E-state index contributed by atoms with van der Waals surface area (Å²) in [6.45, 7) is 0.586. The topological polar surface area (TPSA) is 59.0 Å². The number of aromatic nitrogens is 2. The summed E-state index contributed by atoms with van der Waals surface area (Å²) in [6.07, 6.45) is 0.434. The lowest BCUT2D eigenvalue weighted by Crippen LogP contribution is -2.29. The highest BCUT2D eigenvalue weighted by atomic mass is 16.1. The van der Waals surface area contributed by atoms with E-state index >= 15 is 0 Å². The number of nitrogens with one attached hydrogen (secondary N) is 2. The second kappa shape index (κ2) is 7.27. The van der Waals surface area contributed by atoms with E-state index in [0.29, 0.717) is 13.0 Å². The number of rotatable bonds is 6. The third-order valence-electron chi connectivity index (χ3n) is 4.19. The monoisotopic (exact) mass is 322 g/mol. The molecule has 0 aliphatic rings. The molecule has 1 amide bonds. The summed E-state index contributed by atoms with van der Waals surface area (Å²) in [4.78, 5) is 16.3. The van der Waals surface area contributed by atoms with Crippen LogP contribution in [0.2, 0.25) is 0 Å². The first-order valence-corrected chi connectivity index (χ1v) is 8.11. The Morgan fingerprint density at radius 3 is 2.54 bits per heavy atom. The van der Waals surface area contributed by atoms with Crippen molar-refractivity contribution in [2.45, 2.75) is 12.5 Å². The Bertz CT molecular complexity index is 826. The van der Waals surface area contributed by atoms with E-state index in [1.807, 2.05) is 43.4 Å². The number of fused-ring (bicyclic) bond motifs is 1. The first kappa shape index (κ1) is 16.2. The van der Waals surface area contributed by atoms with Gasteiger partial charge in [-0.25, -0.2) is 4.98 Å². The first-order valence-electron chi connectivity index (χ1n) is 8.11. The summed E-state index contributed by atoms with van der Waals surface area (Å²) in [6, 6.07) is 18.2. The number of amides is 1. The average molecular weight is 322 g/mol. The van der Waals surface area contributed by atoms with Gasteiger partial charge in [0.1, 0.15) is 5.82 Å². The number of para-hydroxylation sites is 2. The highest BCUT2D eigenvalue weighted by Gasteiger charge is 2.20. The largest absolute Gasteiger partial charge is 0.359 e. The molecule has 0 fully saturated rings. The quantitative estimate of drug-likeness (QED) is 0.732. The van der Waals surface area contributed by atoms with Gasteiger partial charge >= 0.3 is 0 Å². The molecule has 0 saturated carbocycles. The minimum absolute atomic E-state index is 0.0271. The van der Waals surface area contributed by atoms with Gasteiger partial charge in [0.2, 0.25) is 5.91 Å². The molecule has 0 spiro atoms. The maximum Gasteiger partial charge on any atom is 0.221 e.